The molecule has 0 aromatic carbocycles. The van der Waals surface area contributed by atoms with Gasteiger partial charge in [-0.25, -0.2) is 0 Å². The van der Waals surface area contributed by atoms with Crippen molar-refractivity contribution in [1.29, 1.82) is 0 Å². The Morgan fingerprint density at radius 2 is 1.83 bits per heavy atom. The van der Waals surface area contributed by atoms with E-state index in [1.54, 1.807) is 13.0 Å². The van der Waals surface area contributed by atoms with Crippen molar-refractivity contribution < 1.29 is 19.7 Å². The first kappa shape index (κ1) is 18.1. The average Bonchev–Trinajstić information content (AvgIpc) is 2.45. The van der Waals surface area contributed by atoms with E-state index in [1.165, 1.54) is 0 Å². The number of aliphatic hydroxyl groups is 2. The molecular formula is C20H32O4. The molecule has 2 N–H and O–H groups in total. The van der Waals surface area contributed by atoms with Crippen molar-refractivity contribution in [2.75, 3.05) is 0 Å². The Morgan fingerprint density at radius 1 is 1.21 bits per heavy atom. The lowest BCUT2D eigenvalue weighted by Crippen LogP contribution is -2.69. The molecule has 0 bridgehead atoms. The van der Waals surface area contributed by atoms with Gasteiger partial charge in [0.15, 0.2) is 5.78 Å². The van der Waals surface area contributed by atoms with Gasteiger partial charge in [0.1, 0.15) is 5.60 Å². The molecule has 1 heterocycles. The van der Waals surface area contributed by atoms with Crippen LogP contribution in [0.4, 0.5) is 0 Å². The van der Waals surface area contributed by atoms with E-state index in [9.17, 15) is 15.0 Å². The summed E-state index contributed by atoms with van der Waals surface area (Å²) in [5, 5.41) is 21.6. The van der Waals surface area contributed by atoms with Crippen molar-refractivity contribution in [3.63, 3.8) is 0 Å². The van der Waals surface area contributed by atoms with Crippen LogP contribution in [0.5, 0.6) is 0 Å². The molecule has 0 radical (unpaired) electrons. The lowest BCUT2D eigenvalue weighted by molar-refractivity contribution is -0.276. The van der Waals surface area contributed by atoms with Gasteiger partial charge in [-0.3, -0.25) is 4.79 Å². The summed E-state index contributed by atoms with van der Waals surface area (Å²) in [4.78, 5) is 12.8. The fourth-order valence-electron chi connectivity index (χ4n) is 6.38. The molecule has 7 atom stereocenters. The standard InChI is InChI=1S/C20H32O4/c1-7-19(5)15(23)10-13-18(4)9-8-14(22)17(2,3)16(18)12(21)11-20(13,6)24-19/h7,12-14,16,21-22H,1,8-11H2,2-6H3/t12-,13+,14-,16-,18+,19+,20+/m1/s1. The highest BCUT2D eigenvalue weighted by Gasteiger charge is 2.67. The minimum absolute atomic E-state index is 0.0451. The summed E-state index contributed by atoms with van der Waals surface area (Å²) < 4.78 is 6.32. The molecule has 0 unspecified atom stereocenters. The Kier molecular flexibility index (Phi) is 3.88. The zero-order valence-electron chi connectivity index (χ0n) is 15.6. The maximum absolute atomic E-state index is 12.8. The summed E-state index contributed by atoms with van der Waals surface area (Å²) in [6.45, 7) is 13.9. The molecule has 2 saturated carbocycles. The molecule has 3 rings (SSSR count). The first-order valence-corrected chi connectivity index (χ1v) is 9.14. The van der Waals surface area contributed by atoms with E-state index in [4.69, 9.17) is 4.74 Å². The van der Waals surface area contributed by atoms with Crippen LogP contribution in [0.15, 0.2) is 12.7 Å². The largest absolute Gasteiger partial charge is 0.393 e. The summed E-state index contributed by atoms with van der Waals surface area (Å²) in [5.41, 5.74) is -2.14. The third-order valence-corrected chi connectivity index (χ3v) is 7.64. The van der Waals surface area contributed by atoms with E-state index in [0.29, 0.717) is 19.3 Å². The second-order valence-electron chi connectivity index (χ2n) is 9.54. The van der Waals surface area contributed by atoms with Crippen LogP contribution in [0.25, 0.3) is 0 Å². The molecule has 4 heteroatoms. The molecule has 0 spiro atoms. The summed E-state index contributed by atoms with van der Waals surface area (Å²) in [7, 11) is 0. The van der Waals surface area contributed by atoms with E-state index in [-0.39, 0.29) is 28.4 Å². The molecule has 1 aliphatic heterocycles. The fourth-order valence-corrected chi connectivity index (χ4v) is 6.38. The Bertz CT molecular complexity index is 570. The summed E-state index contributed by atoms with van der Waals surface area (Å²) in [6.07, 6.45) is 3.06. The summed E-state index contributed by atoms with van der Waals surface area (Å²) >= 11 is 0. The van der Waals surface area contributed by atoms with Crippen molar-refractivity contribution in [2.24, 2.45) is 22.7 Å². The zero-order chi connectivity index (χ0) is 18.1. The molecule has 3 fully saturated rings. The maximum Gasteiger partial charge on any atom is 0.168 e. The third kappa shape index (κ3) is 2.19. The van der Waals surface area contributed by atoms with Gasteiger partial charge in [-0.15, -0.1) is 0 Å². The summed E-state index contributed by atoms with van der Waals surface area (Å²) in [6, 6.07) is 0. The van der Waals surface area contributed by atoms with Gasteiger partial charge in [0.05, 0.1) is 17.8 Å². The summed E-state index contributed by atoms with van der Waals surface area (Å²) in [5.74, 6) is 0.0716. The molecule has 4 nitrogen and oxygen atoms in total. The number of fused-ring (bicyclic) bond motifs is 3. The van der Waals surface area contributed by atoms with E-state index in [1.807, 2.05) is 20.8 Å². The average molecular weight is 336 g/mol. The monoisotopic (exact) mass is 336 g/mol. The SMILES string of the molecule is C=C[C@]1(C)O[C@@]2(C)C[C@@H](O)[C@@H]3C(C)(C)[C@H](O)CC[C@@]3(C)[C@@H]2CC1=O. The number of carbonyl (C=O) groups excluding carboxylic acids is 1. The first-order chi connectivity index (χ1) is 10.9. The van der Waals surface area contributed by atoms with Gasteiger partial charge in [0, 0.05) is 18.8 Å². The van der Waals surface area contributed by atoms with Gasteiger partial charge in [-0.1, -0.05) is 33.4 Å². The second-order valence-corrected chi connectivity index (χ2v) is 9.54. The zero-order valence-corrected chi connectivity index (χ0v) is 15.6. The number of hydrogen-bond donors (Lipinski definition) is 2. The molecule has 136 valence electrons. The van der Waals surface area contributed by atoms with Crippen LogP contribution in [0.3, 0.4) is 0 Å². The fraction of sp³-hybridized carbons (Fsp3) is 0.850. The van der Waals surface area contributed by atoms with E-state index in [0.717, 1.165) is 6.42 Å². The molecular weight excluding hydrogens is 304 g/mol. The van der Waals surface area contributed by atoms with Crippen molar-refractivity contribution >= 4 is 5.78 Å². The minimum atomic E-state index is -0.974. The van der Waals surface area contributed by atoms with Gasteiger partial charge in [0.2, 0.25) is 0 Å². The number of ether oxygens (including phenoxy) is 1. The van der Waals surface area contributed by atoms with E-state index < -0.39 is 23.4 Å². The predicted molar refractivity (Wildman–Crippen MR) is 92.4 cm³/mol. The molecule has 1 saturated heterocycles. The van der Waals surface area contributed by atoms with Gasteiger partial charge >= 0.3 is 0 Å². The van der Waals surface area contributed by atoms with Gasteiger partial charge < -0.3 is 14.9 Å². The van der Waals surface area contributed by atoms with Crippen LogP contribution in [0.1, 0.15) is 60.3 Å². The quantitative estimate of drug-likeness (QED) is 0.723. The van der Waals surface area contributed by atoms with E-state index >= 15 is 0 Å². The second kappa shape index (κ2) is 5.15. The number of carbonyl (C=O) groups is 1. The topological polar surface area (TPSA) is 66.8 Å². The van der Waals surface area contributed by atoms with Crippen LogP contribution < -0.4 is 0 Å². The highest BCUT2D eigenvalue weighted by Crippen LogP contribution is 2.65. The number of hydrogen-bond acceptors (Lipinski definition) is 4. The van der Waals surface area contributed by atoms with Crippen LogP contribution in [-0.2, 0) is 9.53 Å². The van der Waals surface area contributed by atoms with Crippen molar-refractivity contribution in [1.82, 2.24) is 0 Å². The smallest absolute Gasteiger partial charge is 0.168 e. The molecule has 2 aliphatic carbocycles. The van der Waals surface area contributed by atoms with Crippen LogP contribution >= 0.6 is 0 Å². The van der Waals surface area contributed by atoms with Gasteiger partial charge in [-0.2, -0.15) is 0 Å². The van der Waals surface area contributed by atoms with Crippen LogP contribution in [0.2, 0.25) is 0 Å². The number of Topliss-reactive ketones (excluding diaryl/α,β-unsaturated/α-hetero) is 1. The normalized spacial score (nSPS) is 53.9. The lowest BCUT2D eigenvalue weighted by atomic mass is 9.43. The van der Waals surface area contributed by atoms with Crippen molar-refractivity contribution in [3.8, 4) is 0 Å². The Balaban J connectivity index is 2.07. The van der Waals surface area contributed by atoms with Gasteiger partial charge in [0.25, 0.3) is 0 Å². The van der Waals surface area contributed by atoms with Crippen LogP contribution in [-0.4, -0.2) is 39.4 Å². The molecule has 3 aliphatic rings. The molecule has 0 aromatic heterocycles. The third-order valence-electron chi connectivity index (χ3n) is 7.64. The highest BCUT2D eigenvalue weighted by molar-refractivity contribution is 5.90. The molecule has 0 aromatic rings. The highest BCUT2D eigenvalue weighted by atomic mass is 16.5. The van der Waals surface area contributed by atoms with Crippen molar-refractivity contribution in [3.05, 3.63) is 12.7 Å². The van der Waals surface area contributed by atoms with Gasteiger partial charge in [-0.05, 0) is 43.4 Å². The molecule has 0 amide bonds. The van der Waals surface area contributed by atoms with Crippen molar-refractivity contribution in [2.45, 2.75) is 83.7 Å². The minimum Gasteiger partial charge on any atom is -0.393 e. The number of rotatable bonds is 1. The number of aliphatic hydroxyl groups excluding tert-OH is 2. The predicted octanol–water partition coefficient (Wildman–Crippen LogP) is 2.86. The Labute approximate surface area is 145 Å². The molecule has 24 heavy (non-hydrogen) atoms. The first-order valence-electron chi connectivity index (χ1n) is 9.14. The Morgan fingerprint density at radius 3 is 2.42 bits per heavy atom. The number of ketones is 1. The van der Waals surface area contributed by atoms with E-state index in [2.05, 4.69) is 13.5 Å². The maximum atomic E-state index is 12.8. The van der Waals surface area contributed by atoms with Crippen LogP contribution in [0, 0.1) is 22.7 Å². The Hall–Kier alpha value is -0.710. The lowest BCUT2D eigenvalue weighted by Gasteiger charge is -2.66.